The number of hydrogen-bond donors (Lipinski definition) is 8. The molecule has 4 aromatic rings. The Morgan fingerprint density at radius 1 is 0.928 bits per heavy atom. The van der Waals surface area contributed by atoms with E-state index in [-0.39, 0.29) is 103 Å². The number of likely N-dealkylation sites (N-methyl/N-ethyl adjacent to an activating group) is 1. The summed E-state index contributed by atoms with van der Waals surface area (Å²) in [5.41, 5.74) is 28.6. The van der Waals surface area contributed by atoms with Crippen molar-refractivity contribution in [3.8, 4) is 39.8 Å². The largest absolute Gasteiger partial charge is 0.504 e. The van der Waals surface area contributed by atoms with Crippen LogP contribution in [-0.4, -0.2) is 117 Å². The summed E-state index contributed by atoms with van der Waals surface area (Å²) < 4.78 is 12.0. The van der Waals surface area contributed by atoms with E-state index >= 15 is 0 Å². The number of hydrogen-bond acceptors (Lipinski definition) is 16. The monoisotopic (exact) mass is 950 g/mol. The third-order valence-corrected chi connectivity index (χ3v) is 13.2. The zero-order chi connectivity index (χ0) is 50.5. The van der Waals surface area contributed by atoms with E-state index in [9.17, 15) is 39.3 Å². The quantitative estimate of drug-likeness (QED) is 0.0706. The number of aromatic nitrogens is 2. The molecule has 1 aromatic heterocycles. The summed E-state index contributed by atoms with van der Waals surface area (Å²) in [5, 5.41) is 35.5. The van der Waals surface area contributed by atoms with Gasteiger partial charge in [0.2, 0.25) is 11.8 Å². The molecular formula is C51H66N8O10. The van der Waals surface area contributed by atoms with E-state index in [1.54, 1.807) is 25.1 Å². The van der Waals surface area contributed by atoms with Gasteiger partial charge in [0.05, 0.1) is 17.3 Å². The lowest BCUT2D eigenvalue weighted by Gasteiger charge is -2.32. The Kier molecular flexibility index (Phi) is 16.6. The minimum Gasteiger partial charge on any atom is -0.504 e. The maximum atomic E-state index is 14.9. The van der Waals surface area contributed by atoms with Crippen LogP contribution in [0.5, 0.6) is 17.2 Å². The van der Waals surface area contributed by atoms with Crippen molar-refractivity contribution < 1.29 is 48.8 Å². The van der Waals surface area contributed by atoms with Crippen LogP contribution in [0.3, 0.4) is 0 Å². The third-order valence-electron chi connectivity index (χ3n) is 13.2. The van der Waals surface area contributed by atoms with Crippen molar-refractivity contribution in [2.45, 2.75) is 103 Å². The molecule has 0 spiro atoms. The third kappa shape index (κ3) is 11.8. The molecule has 6 rings (SSSR count). The summed E-state index contributed by atoms with van der Waals surface area (Å²) in [4.78, 5) is 81.1. The van der Waals surface area contributed by atoms with E-state index in [1.165, 1.54) is 49.1 Å². The first-order valence-corrected chi connectivity index (χ1v) is 23.3. The summed E-state index contributed by atoms with van der Waals surface area (Å²) in [6.07, 6.45) is -0.997. The number of fused-ring (bicyclic) bond motifs is 6. The number of ether oxygens (including phenoxy) is 2. The minimum atomic E-state index is -1.48. The number of nitrogens with one attached hydrogen (secondary N) is 1. The van der Waals surface area contributed by atoms with E-state index < -0.39 is 71.7 Å². The molecular weight excluding hydrogens is 885 g/mol. The number of nitrogens with two attached hydrogens (primary N) is 4. The van der Waals surface area contributed by atoms with Crippen LogP contribution in [0.1, 0.15) is 97.7 Å². The van der Waals surface area contributed by atoms with Gasteiger partial charge in [-0.05, 0) is 104 Å². The molecule has 0 unspecified atom stereocenters. The van der Waals surface area contributed by atoms with Crippen LogP contribution in [0.15, 0.2) is 48.5 Å². The first kappa shape index (κ1) is 52.1. The fourth-order valence-corrected chi connectivity index (χ4v) is 9.13. The zero-order valence-electron chi connectivity index (χ0n) is 40.2. The van der Waals surface area contributed by atoms with Gasteiger partial charge in [-0.1, -0.05) is 39.0 Å². The maximum Gasteiger partial charge on any atom is 0.226 e. The molecule has 3 aromatic carbocycles. The fourth-order valence-electron chi connectivity index (χ4n) is 9.13. The lowest BCUT2D eigenvalue weighted by molar-refractivity contribution is -0.142. The highest BCUT2D eigenvalue weighted by atomic mass is 16.5. The van der Waals surface area contributed by atoms with Crippen LogP contribution in [0.2, 0.25) is 0 Å². The zero-order valence-corrected chi connectivity index (χ0v) is 40.2. The Balaban J connectivity index is 1.43. The van der Waals surface area contributed by atoms with Gasteiger partial charge >= 0.3 is 0 Å². The molecule has 1 aliphatic heterocycles. The van der Waals surface area contributed by atoms with Gasteiger partial charge in [-0.2, -0.15) is 0 Å². The number of benzene rings is 3. The highest BCUT2D eigenvalue weighted by molar-refractivity contribution is 6.03. The highest BCUT2D eigenvalue weighted by Gasteiger charge is 2.37. The molecule has 2 amide bonds. The van der Waals surface area contributed by atoms with E-state index in [0.717, 1.165) is 18.4 Å². The number of ketones is 3. The van der Waals surface area contributed by atoms with Crippen molar-refractivity contribution in [1.29, 1.82) is 0 Å². The van der Waals surface area contributed by atoms with Crippen molar-refractivity contribution in [3.05, 3.63) is 82.0 Å². The number of aryl methyl sites for hydroxylation is 2. The SMILES string of the molecule is CC(=O)[C@@H]1Cc2ccc(OC[C@H](O)CN)c(c2)-c2cc(cc(OC[C@H](O)CN)c2O)[C@H](N(C)C(=O)[C@H](CCN)CC(=O)c2c(C)nc(-c3ccc4c(c3)CCC4(C)C)nc2N)C(=O)C[C@@H](C)C(=O)N1. The van der Waals surface area contributed by atoms with E-state index in [1.807, 2.05) is 6.07 Å². The summed E-state index contributed by atoms with van der Waals surface area (Å²) >= 11 is 0. The summed E-state index contributed by atoms with van der Waals surface area (Å²) in [5.74, 6) is -4.93. The van der Waals surface area contributed by atoms with Crippen LogP contribution in [0.4, 0.5) is 5.82 Å². The van der Waals surface area contributed by atoms with Gasteiger partial charge in [0.1, 0.15) is 43.0 Å². The number of anilines is 1. The molecule has 0 fully saturated rings. The van der Waals surface area contributed by atoms with Crippen LogP contribution in [0.25, 0.3) is 22.5 Å². The Labute approximate surface area is 402 Å². The van der Waals surface area contributed by atoms with Gasteiger partial charge in [-0.15, -0.1) is 0 Å². The molecule has 2 heterocycles. The van der Waals surface area contributed by atoms with Crippen molar-refractivity contribution in [2.75, 3.05) is 45.6 Å². The molecule has 18 nitrogen and oxygen atoms in total. The lowest BCUT2D eigenvalue weighted by atomic mass is 9.86. The predicted octanol–water partition coefficient (Wildman–Crippen LogP) is 2.99. The molecule has 18 heteroatoms. The maximum absolute atomic E-state index is 14.9. The first-order valence-electron chi connectivity index (χ1n) is 23.3. The number of Topliss-reactive ketones (excluding diaryl/α,β-unsaturated/α-hetero) is 3. The first-order chi connectivity index (χ1) is 32.7. The number of aliphatic hydroxyl groups is 2. The van der Waals surface area contributed by atoms with E-state index in [0.29, 0.717) is 17.1 Å². The Morgan fingerprint density at radius 3 is 2.25 bits per heavy atom. The lowest BCUT2D eigenvalue weighted by Crippen LogP contribution is -2.45. The topological polar surface area (TPSA) is 310 Å². The van der Waals surface area contributed by atoms with Gasteiger partial charge in [0, 0.05) is 61.5 Å². The number of carbonyl (C=O) groups excluding carboxylic acids is 5. The van der Waals surface area contributed by atoms with Crippen LogP contribution in [-0.2, 0) is 37.4 Å². The van der Waals surface area contributed by atoms with Crippen molar-refractivity contribution >= 4 is 35.0 Å². The van der Waals surface area contributed by atoms with Crippen LogP contribution in [0, 0.1) is 18.8 Å². The molecule has 12 N–H and O–H groups in total. The van der Waals surface area contributed by atoms with Gasteiger partial charge < -0.3 is 57.9 Å². The number of aliphatic hydroxyl groups excluding tert-OH is 2. The molecule has 6 atom stereocenters. The number of nitrogens with zero attached hydrogens (tertiary/aromatic N) is 3. The minimum absolute atomic E-state index is 0.00746. The molecule has 69 heavy (non-hydrogen) atoms. The van der Waals surface area contributed by atoms with E-state index in [4.69, 9.17) is 32.4 Å². The van der Waals surface area contributed by atoms with Gasteiger partial charge in [0.25, 0.3) is 0 Å². The average Bonchev–Trinajstić information content (AvgIpc) is 3.62. The van der Waals surface area contributed by atoms with Crippen molar-refractivity contribution in [1.82, 2.24) is 20.2 Å². The number of rotatable bonds is 17. The number of phenols is 1. The normalized spacial score (nSPS) is 19.1. The average molecular weight is 951 g/mol. The predicted molar refractivity (Wildman–Crippen MR) is 259 cm³/mol. The van der Waals surface area contributed by atoms with E-state index in [2.05, 4.69) is 41.3 Å². The number of amides is 2. The smallest absolute Gasteiger partial charge is 0.226 e. The Bertz CT molecular complexity index is 2580. The number of phenolic OH excluding ortho intramolecular Hbond substituents is 1. The number of aromatic hydroxyl groups is 1. The Morgan fingerprint density at radius 2 is 1.61 bits per heavy atom. The molecule has 370 valence electrons. The molecule has 2 aliphatic rings. The Hall–Kier alpha value is -6.31. The second kappa shape index (κ2) is 22.0. The number of nitrogen functional groups attached to an aromatic ring is 1. The molecule has 0 saturated carbocycles. The van der Waals surface area contributed by atoms with Gasteiger partial charge in [0.15, 0.2) is 34.7 Å². The second-order valence-electron chi connectivity index (χ2n) is 19.0. The highest BCUT2D eigenvalue weighted by Crippen LogP contribution is 2.46. The summed E-state index contributed by atoms with van der Waals surface area (Å²) in [7, 11) is 1.39. The van der Waals surface area contributed by atoms with Gasteiger partial charge in [-0.3, -0.25) is 24.0 Å². The molecule has 0 radical (unpaired) electrons. The summed E-state index contributed by atoms with van der Waals surface area (Å²) in [6.45, 7) is 8.02. The fraction of sp³-hybridized carbons (Fsp3) is 0.471. The number of carbonyl (C=O) groups is 5. The molecule has 1 aliphatic carbocycles. The van der Waals surface area contributed by atoms with Crippen LogP contribution < -0.4 is 37.7 Å². The second-order valence-corrected chi connectivity index (χ2v) is 19.0. The molecule has 0 saturated heterocycles. The van der Waals surface area contributed by atoms with Crippen molar-refractivity contribution in [3.63, 3.8) is 0 Å². The van der Waals surface area contributed by atoms with Gasteiger partial charge in [-0.25, -0.2) is 9.97 Å². The molecule has 4 bridgehead atoms. The summed E-state index contributed by atoms with van der Waals surface area (Å²) in [6, 6.07) is 11.3. The standard InChI is InChI=1S/C51H66N8O10/c1-26-15-41(64)45(59(6)50(67)32(12-14-52)20-40(63)44-27(2)56-48(58-47(44)55)31-8-9-38-30(18-31)11-13-51(38,4)5)33-19-37(46(65)43(21-33)69-25-35(62)23-54)36-16-29(17-39(28(3)60)57-49(26)66)7-10-42(36)68-24-34(61)22-53/h7-10,16,18-19,21,26,32,34-35,39,45,61-62,65H,11-15,17,20,22-25,52-54H2,1-6H3,(H,57,66)(H2,55,56,58)/t26-,32-,34-,35-,39+,45+/m1/s1. The van der Waals surface area contributed by atoms with Crippen LogP contribution >= 0.6 is 0 Å². The van der Waals surface area contributed by atoms with Crippen molar-refractivity contribution in [2.24, 2.45) is 29.0 Å².